The number of amides is 1. The number of ether oxygens (including phenoxy) is 2. The van der Waals surface area contributed by atoms with Gasteiger partial charge in [0, 0.05) is 38.3 Å². The summed E-state index contributed by atoms with van der Waals surface area (Å²) in [6.45, 7) is 2.55. The molecule has 1 amide bonds. The summed E-state index contributed by atoms with van der Waals surface area (Å²) in [7, 11) is 0. The van der Waals surface area contributed by atoms with Crippen LogP contribution in [0.1, 0.15) is 18.4 Å². The van der Waals surface area contributed by atoms with Gasteiger partial charge in [-0.25, -0.2) is 19.2 Å². The second-order valence-electron chi connectivity index (χ2n) is 7.18. The maximum atomic E-state index is 14.7. The molecule has 8 nitrogen and oxygen atoms in total. The zero-order chi connectivity index (χ0) is 21.8. The zero-order valence-corrected chi connectivity index (χ0v) is 16.9. The van der Waals surface area contributed by atoms with Gasteiger partial charge in [-0.05, 0) is 42.3 Å². The molecule has 3 heterocycles. The highest BCUT2D eigenvalue weighted by molar-refractivity contribution is 5.65. The summed E-state index contributed by atoms with van der Waals surface area (Å²) in [4.78, 5) is 24.6. The van der Waals surface area contributed by atoms with E-state index in [-0.39, 0.29) is 17.7 Å². The number of pyridine rings is 1. The topological polar surface area (TPSA) is 97.7 Å². The van der Waals surface area contributed by atoms with Gasteiger partial charge < -0.3 is 19.5 Å². The predicted molar refractivity (Wildman–Crippen MR) is 110 cm³/mol. The van der Waals surface area contributed by atoms with E-state index < -0.39 is 11.9 Å². The largest absolute Gasteiger partial charge is 0.474 e. The first-order chi connectivity index (χ1) is 15.0. The molecule has 3 aromatic rings. The number of rotatable bonds is 5. The highest BCUT2D eigenvalue weighted by atomic mass is 19.1. The maximum Gasteiger partial charge on any atom is 0.407 e. The number of likely N-dealkylation sites (tertiary alicyclic amines) is 1. The van der Waals surface area contributed by atoms with Crippen LogP contribution in [-0.4, -0.2) is 50.2 Å². The van der Waals surface area contributed by atoms with Crippen LogP contribution in [0.15, 0.2) is 49.1 Å². The number of hydrogen-bond acceptors (Lipinski definition) is 6. The Labute approximate surface area is 178 Å². The third-order valence-corrected chi connectivity index (χ3v) is 5.13. The first-order valence-electron chi connectivity index (χ1n) is 9.85. The standard InChI is InChI=1S/C22H21FN4O4/c1-14-20(30-17-6-10-27(11-7-17)22(28)29)25-13-26-21(14)31-19-3-2-16(12-18(19)23)15-4-8-24-9-5-15/h2-5,8-9,12-13,17H,6-7,10-11H2,1H3,(H,28,29). The normalized spacial score (nSPS) is 14.3. The number of benzene rings is 1. The number of carboxylic acid groups (broad SMARTS) is 1. The Hall–Kier alpha value is -3.75. The molecule has 0 bridgehead atoms. The van der Waals surface area contributed by atoms with Crippen LogP contribution in [0.25, 0.3) is 11.1 Å². The average Bonchev–Trinajstić information content (AvgIpc) is 2.78. The van der Waals surface area contributed by atoms with Crippen molar-refractivity contribution in [3.63, 3.8) is 0 Å². The lowest BCUT2D eigenvalue weighted by Crippen LogP contribution is -2.41. The quantitative estimate of drug-likeness (QED) is 0.652. The maximum absolute atomic E-state index is 14.7. The number of carbonyl (C=O) groups is 1. The van der Waals surface area contributed by atoms with E-state index in [1.54, 1.807) is 43.6 Å². The van der Waals surface area contributed by atoms with Crippen molar-refractivity contribution in [2.24, 2.45) is 0 Å². The van der Waals surface area contributed by atoms with Crippen LogP contribution < -0.4 is 9.47 Å². The number of piperidine rings is 1. The molecule has 1 aliphatic rings. The fourth-order valence-electron chi connectivity index (χ4n) is 3.38. The Morgan fingerprint density at radius 1 is 1.10 bits per heavy atom. The molecule has 0 atom stereocenters. The molecule has 0 aliphatic carbocycles. The second-order valence-corrected chi connectivity index (χ2v) is 7.18. The third-order valence-electron chi connectivity index (χ3n) is 5.13. The van der Waals surface area contributed by atoms with Gasteiger partial charge in [0.25, 0.3) is 0 Å². The highest BCUT2D eigenvalue weighted by Gasteiger charge is 2.25. The highest BCUT2D eigenvalue weighted by Crippen LogP contribution is 2.32. The van der Waals surface area contributed by atoms with Crippen molar-refractivity contribution in [1.82, 2.24) is 19.9 Å². The summed E-state index contributed by atoms with van der Waals surface area (Å²) >= 11 is 0. The van der Waals surface area contributed by atoms with Gasteiger partial charge >= 0.3 is 6.09 Å². The molecule has 1 saturated heterocycles. The minimum absolute atomic E-state index is 0.0420. The molecule has 31 heavy (non-hydrogen) atoms. The molecule has 9 heteroatoms. The number of nitrogens with zero attached hydrogens (tertiary/aromatic N) is 4. The molecule has 0 spiro atoms. The first kappa shape index (κ1) is 20.5. The lowest BCUT2D eigenvalue weighted by atomic mass is 10.1. The van der Waals surface area contributed by atoms with Gasteiger partial charge in [0.05, 0.1) is 5.56 Å². The van der Waals surface area contributed by atoms with Gasteiger partial charge in [0.2, 0.25) is 11.8 Å². The van der Waals surface area contributed by atoms with Gasteiger partial charge in [-0.1, -0.05) is 6.07 Å². The predicted octanol–water partition coefficient (Wildman–Crippen LogP) is 4.30. The van der Waals surface area contributed by atoms with Crippen molar-refractivity contribution in [1.29, 1.82) is 0 Å². The van der Waals surface area contributed by atoms with E-state index in [1.807, 2.05) is 0 Å². The summed E-state index contributed by atoms with van der Waals surface area (Å²) in [5.41, 5.74) is 2.10. The van der Waals surface area contributed by atoms with Crippen molar-refractivity contribution >= 4 is 6.09 Å². The van der Waals surface area contributed by atoms with Crippen LogP contribution in [0, 0.1) is 12.7 Å². The molecule has 1 N–H and O–H groups in total. The summed E-state index contributed by atoms with van der Waals surface area (Å²) < 4.78 is 26.3. The number of hydrogen-bond donors (Lipinski definition) is 1. The number of halogens is 1. The molecule has 160 valence electrons. The first-order valence-corrected chi connectivity index (χ1v) is 9.85. The minimum atomic E-state index is -0.927. The van der Waals surface area contributed by atoms with E-state index in [0.29, 0.717) is 42.9 Å². The van der Waals surface area contributed by atoms with Crippen LogP contribution in [0.5, 0.6) is 17.5 Å². The molecule has 1 aromatic carbocycles. The van der Waals surface area contributed by atoms with Gasteiger partial charge in [-0.2, -0.15) is 0 Å². The van der Waals surface area contributed by atoms with Crippen molar-refractivity contribution in [3.05, 3.63) is 60.4 Å². The smallest absolute Gasteiger partial charge is 0.407 e. The molecule has 1 fully saturated rings. The SMILES string of the molecule is Cc1c(Oc2ccc(-c3ccncc3)cc2F)ncnc1OC1CCN(C(=O)O)CC1. The number of aromatic nitrogens is 3. The second kappa shape index (κ2) is 8.95. The van der Waals surface area contributed by atoms with Crippen LogP contribution in [0.2, 0.25) is 0 Å². The van der Waals surface area contributed by atoms with E-state index in [9.17, 15) is 9.18 Å². The zero-order valence-electron chi connectivity index (χ0n) is 16.9. The molecule has 0 radical (unpaired) electrons. The van der Waals surface area contributed by atoms with E-state index in [0.717, 1.165) is 5.56 Å². The summed E-state index contributed by atoms with van der Waals surface area (Å²) in [6, 6.07) is 8.31. The summed E-state index contributed by atoms with van der Waals surface area (Å²) in [5, 5.41) is 9.05. The molecule has 0 unspecified atom stereocenters. The molecule has 2 aromatic heterocycles. The van der Waals surface area contributed by atoms with Crippen molar-refractivity contribution < 1.29 is 23.8 Å². The minimum Gasteiger partial charge on any atom is -0.474 e. The Morgan fingerprint density at radius 2 is 1.81 bits per heavy atom. The van der Waals surface area contributed by atoms with Crippen LogP contribution >= 0.6 is 0 Å². The molecule has 1 aliphatic heterocycles. The summed E-state index contributed by atoms with van der Waals surface area (Å²) in [6.07, 6.45) is 4.64. The van der Waals surface area contributed by atoms with E-state index >= 15 is 0 Å². The molecule has 0 saturated carbocycles. The Morgan fingerprint density at radius 3 is 2.48 bits per heavy atom. The van der Waals surface area contributed by atoms with Crippen molar-refractivity contribution in [2.75, 3.05) is 13.1 Å². The lowest BCUT2D eigenvalue weighted by molar-refractivity contribution is 0.0864. The van der Waals surface area contributed by atoms with E-state index in [1.165, 1.54) is 17.3 Å². The third kappa shape index (κ3) is 4.71. The van der Waals surface area contributed by atoms with Crippen LogP contribution in [0.4, 0.5) is 9.18 Å². The van der Waals surface area contributed by atoms with Gasteiger partial charge in [0.1, 0.15) is 12.4 Å². The molecular weight excluding hydrogens is 403 g/mol. The average molecular weight is 424 g/mol. The van der Waals surface area contributed by atoms with Crippen LogP contribution in [-0.2, 0) is 0 Å². The van der Waals surface area contributed by atoms with Gasteiger partial charge in [-0.3, -0.25) is 4.98 Å². The Bertz CT molecular complexity index is 1070. The van der Waals surface area contributed by atoms with Crippen molar-refractivity contribution in [2.45, 2.75) is 25.9 Å². The fraction of sp³-hybridized carbons (Fsp3) is 0.273. The summed E-state index contributed by atoms with van der Waals surface area (Å²) in [5.74, 6) is 0.0623. The molecular formula is C22H21FN4O4. The monoisotopic (exact) mass is 424 g/mol. The van der Waals surface area contributed by atoms with Crippen molar-refractivity contribution in [3.8, 4) is 28.6 Å². The molecule has 4 rings (SSSR count). The fourth-order valence-corrected chi connectivity index (χ4v) is 3.38. The van der Waals surface area contributed by atoms with Crippen LogP contribution in [0.3, 0.4) is 0 Å². The van der Waals surface area contributed by atoms with E-state index in [4.69, 9.17) is 14.6 Å². The van der Waals surface area contributed by atoms with E-state index in [2.05, 4.69) is 15.0 Å². The van der Waals surface area contributed by atoms with Gasteiger partial charge in [-0.15, -0.1) is 0 Å². The van der Waals surface area contributed by atoms with Gasteiger partial charge in [0.15, 0.2) is 11.6 Å². The lowest BCUT2D eigenvalue weighted by Gasteiger charge is -2.30. The Kier molecular flexibility index (Phi) is 5.92. The Balaban J connectivity index is 1.47.